The molecule has 1 aromatic carbocycles. The molecule has 0 saturated heterocycles. The summed E-state index contributed by atoms with van der Waals surface area (Å²) in [7, 11) is 1.98. The van der Waals surface area contributed by atoms with Crippen molar-refractivity contribution in [2.75, 3.05) is 6.54 Å². The number of benzene rings is 1. The second kappa shape index (κ2) is 5.95. The predicted molar refractivity (Wildman–Crippen MR) is 78.0 cm³/mol. The third-order valence-corrected chi connectivity index (χ3v) is 3.99. The lowest BCUT2D eigenvalue weighted by atomic mass is 10.1. The van der Waals surface area contributed by atoms with Crippen LogP contribution in [0.1, 0.15) is 30.3 Å². The Balaban J connectivity index is 1.67. The van der Waals surface area contributed by atoms with Crippen LogP contribution in [0.15, 0.2) is 36.7 Å². The highest BCUT2D eigenvalue weighted by atomic mass is 19.1. The number of rotatable bonds is 6. The third kappa shape index (κ3) is 3.49. The molecule has 1 heterocycles. The number of hydrogen-bond acceptors (Lipinski definition) is 3. The first-order chi connectivity index (χ1) is 10.1. The van der Waals surface area contributed by atoms with E-state index in [2.05, 4.69) is 9.88 Å². The van der Waals surface area contributed by atoms with Crippen LogP contribution in [0.4, 0.5) is 4.39 Å². The van der Waals surface area contributed by atoms with E-state index in [1.807, 2.05) is 17.8 Å². The van der Waals surface area contributed by atoms with Crippen molar-refractivity contribution in [2.24, 2.45) is 7.05 Å². The summed E-state index contributed by atoms with van der Waals surface area (Å²) in [5.41, 5.74) is 0.752. The number of imidazole rings is 1. The summed E-state index contributed by atoms with van der Waals surface area (Å²) in [4.78, 5) is 6.61. The van der Waals surface area contributed by atoms with Gasteiger partial charge in [-0.05, 0) is 30.5 Å². The van der Waals surface area contributed by atoms with Crippen LogP contribution in [-0.2, 0) is 13.6 Å². The maximum Gasteiger partial charge on any atom is 0.123 e. The minimum Gasteiger partial charge on any atom is -0.387 e. The number of halogens is 1. The maximum absolute atomic E-state index is 12.9. The van der Waals surface area contributed by atoms with Crippen LogP contribution in [0.25, 0.3) is 0 Å². The van der Waals surface area contributed by atoms with Gasteiger partial charge in [-0.25, -0.2) is 9.37 Å². The molecule has 2 aromatic rings. The first-order valence-electron chi connectivity index (χ1n) is 7.27. The van der Waals surface area contributed by atoms with Gasteiger partial charge in [0.05, 0.1) is 12.6 Å². The minimum absolute atomic E-state index is 0.280. The molecule has 1 fully saturated rings. The van der Waals surface area contributed by atoms with Gasteiger partial charge >= 0.3 is 0 Å². The quantitative estimate of drug-likeness (QED) is 0.887. The highest BCUT2D eigenvalue weighted by molar-refractivity contribution is 5.19. The van der Waals surface area contributed by atoms with Gasteiger partial charge in [-0.1, -0.05) is 12.1 Å². The molecular weight excluding hydrogens is 269 g/mol. The summed E-state index contributed by atoms with van der Waals surface area (Å²) < 4.78 is 14.9. The number of aliphatic hydroxyl groups is 1. The Kier molecular flexibility index (Phi) is 4.03. The fourth-order valence-electron chi connectivity index (χ4n) is 2.53. The van der Waals surface area contributed by atoms with Gasteiger partial charge in [0, 0.05) is 32.0 Å². The summed E-state index contributed by atoms with van der Waals surface area (Å²) in [5.74, 6) is 0.714. The normalized spacial score (nSPS) is 16.4. The molecule has 0 bridgehead atoms. The van der Waals surface area contributed by atoms with E-state index >= 15 is 0 Å². The van der Waals surface area contributed by atoms with E-state index in [0.29, 0.717) is 12.6 Å². The first-order valence-corrected chi connectivity index (χ1v) is 7.27. The predicted octanol–water partition coefficient (Wildman–Crippen LogP) is 2.26. The third-order valence-electron chi connectivity index (χ3n) is 3.99. The number of aryl methyl sites for hydroxylation is 1. The summed E-state index contributed by atoms with van der Waals surface area (Å²) in [6.45, 7) is 1.27. The zero-order valence-corrected chi connectivity index (χ0v) is 12.1. The van der Waals surface area contributed by atoms with Gasteiger partial charge in [-0.15, -0.1) is 0 Å². The molecule has 5 heteroatoms. The van der Waals surface area contributed by atoms with Crippen molar-refractivity contribution in [1.82, 2.24) is 14.5 Å². The standard InChI is InChI=1S/C16H20FN3O/c1-19-9-8-18-16(19)11-20(14-6-7-14)10-15(21)12-2-4-13(17)5-3-12/h2-5,8-9,14-15,21H,6-7,10-11H2,1H3. The lowest BCUT2D eigenvalue weighted by Crippen LogP contribution is -2.31. The Bertz CT molecular complexity index is 592. The average Bonchev–Trinajstić information content (AvgIpc) is 3.24. The molecule has 1 aliphatic rings. The Morgan fingerprint density at radius 2 is 2.10 bits per heavy atom. The second-order valence-electron chi connectivity index (χ2n) is 5.68. The van der Waals surface area contributed by atoms with E-state index in [4.69, 9.17) is 0 Å². The number of hydrogen-bond donors (Lipinski definition) is 1. The molecule has 0 radical (unpaired) electrons. The van der Waals surface area contributed by atoms with Gasteiger partial charge in [0.1, 0.15) is 11.6 Å². The molecule has 1 unspecified atom stereocenters. The van der Waals surface area contributed by atoms with Crippen molar-refractivity contribution < 1.29 is 9.50 Å². The molecule has 1 aromatic heterocycles. The van der Waals surface area contributed by atoms with Gasteiger partial charge < -0.3 is 9.67 Å². The lowest BCUT2D eigenvalue weighted by Gasteiger charge is -2.24. The molecule has 21 heavy (non-hydrogen) atoms. The highest BCUT2D eigenvalue weighted by Crippen LogP contribution is 2.30. The lowest BCUT2D eigenvalue weighted by molar-refractivity contribution is 0.102. The molecule has 4 nitrogen and oxygen atoms in total. The monoisotopic (exact) mass is 289 g/mol. The van der Waals surface area contributed by atoms with Crippen LogP contribution in [0.5, 0.6) is 0 Å². The molecule has 112 valence electrons. The Morgan fingerprint density at radius 1 is 1.38 bits per heavy atom. The summed E-state index contributed by atoms with van der Waals surface area (Å²) in [6.07, 6.45) is 5.45. The second-order valence-corrected chi connectivity index (χ2v) is 5.68. The van der Waals surface area contributed by atoms with Crippen molar-refractivity contribution in [1.29, 1.82) is 0 Å². The average molecular weight is 289 g/mol. The van der Waals surface area contributed by atoms with Crippen molar-refractivity contribution in [3.05, 3.63) is 53.9 Å². The van der Waals surface area contributed by atoms with Gasteiger partial charge in [-0.3, -0.25) is 4.90 Å². The van der Waals surface area contributed by atoms with E-state index in [0.717, 1.165) is 17.9 Å². The van der Waals surface area contributed by atoms with Gasteiger partial charge in [0.2, 0.25) is 0 Å². The van der Waals surface area contributed by atoms with Crippen LogP contribution in [0.3, 0.4) is 0 Å². The van der Waals surface area contributed by atoms with Crippen LogP contribution in [0.2, 0.25) is 0 Å². The van der Waals surface area contributed by atoms with Crippen LogP contribution in [-0.4, -0.2) is 32.1 Å². The van der Waals surface area contributed by atoms with E-state index in [9.17, 15) is 9.50 Å². The van der Waals surface area contributed by atoms with Gasteiger partial charge in [-0.2, -0.15) is 0 Å². The van der Waals surface area contributed by atoms with Gasteiger partial charge in [0.15, 0.2) is 0 Å². The summed E-state index contributed by atoms with van der Waals surface area (Å²) >= 11 is 0. The Hall–Kier alpha value is -1.72. The van der Waals surface area contributed by atoms with Crippen molar-refractivity contribution in [3.8, 4) is 0 Å². The maximum atomic E-state index is 12.9. The summed E-state index contributed by atoms with van der Waals surface area (Å²) in [5, 5.41) is 10.4. The molecule has 0 amide bonds. The van der Waals surface area contributed by atoms with E-state index in [1.165, 1.54) is 25.0 Å². The highest BCUT2D eigenvalue weighted by Gasteiger charge is 2.31. The molecule has 1 N–H and O–H groups in total. The molecule has 0 aliphatic heterocycles. The van der Waals surface area contributed by atoms with Crippen LogP contribution >= 0.6 is 0 Å². The van der Waals surface area contributed by atoms with Crippen molar-refractivity contribution in [3.63, 3.8) is 0 Å². The van der Waals surface area contributed by atoms with E-state index in [1.54, 1.807) is 18.3 Å². The topological polar surface area (TPSA) is 41.3 Å². The van der Waals surface area contributed by atoms with Crippen LogP contribution in [0, 0.1) is 5.82 Å². The summed E-state index contributed by atoms with van der Waals surface area (Å²) in [6, 6.07) is 6.59. The molecule has 1 atom stereocenters. The van der Waals surface area contributed by atoms with E-state index in [-0.39, 0.29) is 5.82 Å². The molecule has 0 spiro atoms. The molecule has 1 aliphatic carbocycles. The fraction of sp³-hybridized carbons (Fsp3) is 0.438. The number of aliphatic hydroxyl groups excluding tert-OH is 1. The van der Waals surface area contributed by atoms with Crippen LogP contribution < -0.4 is 0 Å². The zero-order chi connectivity index (χ0) is 14.8. The Labute approximate surface area is 123 Å². The number of nitrogens with zero attached hydrogens (tertiary/aromatic N) is 3. The fourth-order valence-corrected chi connectivity index (χ4v) is 2.53. The smallest absolute Gasteiger partial charge is 0.123 e. The Morgan fingerprint density at radius 3 is 2.67 bits per heavy atom. The van der Waals surface area contributed by atoms with Crippen molar-refractivity contribution in [2.45, 2.75) is 31.5 Å². The van der Waals surface area contributed by atoms with Crippen molar-refractivity contribution >= 4 is 0 Å². The minimum atomic E-state index is -0.605. The van der Waals surface area contributed by atoms with Gasteiger partial charge in [0.25, 0.3) is 0 Å². The molecule has 1 saturated carbocycles. The SMILES string of the molecule is Cn1ccnc1CN(CC(O)c1ccc(F)cc1)C1CC1. The first kappa shape index (κ1) is 14.2. The van der Waals surface area contributed by atoms with E-state index < -0.39 is 6.10 Å². The molecular formula is C16H20FN3O. The number of aromatic nitrogens is 2. The largest absolute Gasteiger partial charge is 0.387 e. The molecule has 3 rings (SSSR count). The zero-order valence-electron chi connectivity index (χ0n) is 12.1.